The minimum atomic E-state index is -3.13. The largest absolute Gasteiger partial charge is 0.497 e. The molecule has 0 unspecified atom stereocenters. The molecule has 0 saturated carbocycles. The van der Waals surface area contributed by atoms with E-state index in [4.69, 9.17) is 27.6 Å². The Labute approximate surface area is 440 Å². The number of benzene rings is 5. The summed E-state index contributed by atoms with van der Waals surface area (Å²) in [4.78, 5) is 67.1. The van der Waals surface area contributed by atoms with Crippen LogP contribution in [0.1, 0.15) is 93.4 Å². The molecule has 73 heavy (non-hydrogen) atoms. The number of rotatable bonds is 10. The normalized spacial score (nSPS) is 13.1. The third kappa shape index (κ3) is 14.2. The summed E-state index contributed by atoms with van der Waals surface area (Å²) in [7, 11) is -0.198. The SMILES string of the molecule is COC(=O)c1ccccc1CCC(=O)c1cccc(/C=C/c2ccc3ccc(Cl)cc3n2)c1.O=C1CCS(=O)(=O)c2sccc21.O=C1CCSc2sccc21.[C-]#[N+]c1ccc(C(=O)c2ccc(OC)cc2)cc1. The van der Waals surface area contributed by atoms with E-state index in [1.807, 2.05) is 90.3 Å². The predicted octanol–water partition coefficient (Wildman–Crippen LogP) is 13.7. The van der Waals surface area contributed by atoms with E-state index in [0.717, 1.165) is 56.1 Å². The second kappa shape index (κ2) is 25.4. The van der Waals surface area contributed by atoms with Gasteiger partial charge in [0.15, 0.2) is 38.7 Å². The lowest BCUT2D eigenvalue weighted by molar-refractivity contribution is 0.0598. The summed E-state index contributed by atoms with van der Waals surface area (Å²) in [5.74, 6) is 1.48. The first-order valence-electron chi connectivity index (χ1n) is 22.5. The average Bonchev–Trinajstić information content (AvgIpc) is 4.14. The van der Waals surface area contributed by atoms with Gasteiger partial charge in [-0.15, -0.1) is 34.4 Å². The molecule has 0 bridgehead atoms. The van der Waals surface area contributed by atoms with Crippen LogP contribution in [0.15, 0.2) is 159 Å². The Hall–Kier alpha value is -7.32. The second-order valence-electron chi connectivity index (χ2n) is 16.1. The molecule has 368 valence electrons. The maximum absolute atomic E-state index is 12.8. The van der Waals surface area contributed by atoms with E-state index >= 15 is 0 Å². The number of aryl methyl sites for hydroxylation is 1. The van der Waals surface area contributed by atoms with E-state index in [1.165, 1.54) is 11.3 Å². The number of hydrogen-bond donors (Lipinski definition) is 0. The van der Waals surface area contributed by atoms with Crippen molar-refractivity contribution in [2.45, 2.75) is 34.1 Å². The molecule has 2 aliphatic heterocycles. The van der Waals surface area contributed by atoms with Gasteiger partial charge < -0.3 is 9.47 Å². The summed E-state index contributed by atoms with van der Waals surface area (Å²) in [5.41, 5.74) is 7.51. The van der Waals surface area contributed by atoms with Crippen LogP contribution in [-0.4, -0.2) is 68.2 Å². The number of carbonyl (C=O) groups excluding carboxylic acids is 5. The number of methoxy groups -OCH3 is 2. The average molecular weight is 1070 g/mol. The Morgan fingerprint density at radius 2 is 1.45 bits per heavy atom. The van der Waals surface area contributed by atoms with Crippen molar-refractivity contribution in [3.8, 4) is 5.75 Å². The van der Waals surface area contributed by atoms with Gasteiger partial charge in [-0.25, -0.2) is 23.0 Å². The van der Waals surface area contributed by atoms with Gasteiger partial charge in [-0.1, -0.05) is 90.5 Å². The third-order valence-corrected chi connectivity index (χ3v) is 17.0. The molecule has 0 fully saturated rings. The molecular weight excluding hydrogens is 1020 g/mol. The van der Waals surface area contributed by atoms with Gasteiger partial charge in [-0.3, -0.25) is 19.2 Å². The van der Waals surface area contributed by atoms with Crippen LogP contribution < -0.4 is 4.74 Å². The Kier molecular flexibility index (Phi) is 18.6. The number of Topliss-reactive ketones (excluding diaryl/α,β-unsaturated/α-hetero) is 3. The summed E-state index contributed by atoms with van der Waals surface area (Å²) < 4.78 is 34.0. The van der Waals surface area contributed by atoms with Gasteiger partial charge in [0.2, 0.25) is 0 Å². The maximum Gasteiger partial charge on any atom is 0.338 e. The second-order valence-corrected chi connectivity index (χ2v) is 22.0. The van der Waals surface area contributed by atoms with Crippen molar-refractivity contribution < 1.29 is 41.9 Å². The minimum Gasteiger partial charge on any atom is -0.497 e. The number of thiophene rings is 2. The fourth-order valence-electron chi connectivity index (χ4n) is 7.42. The van der Waals surface area contributed by atoms with Crippen molar-refractivity contribution in [1.82, 2.24) is 4.98 Å². The lowest BCUT2D eigenvalue weighted by Crippen LogP contribution is -2.18. The number of sulfone groups is 1. The summed E-state index contributed by atoms with van der Waals surface area (Å²) in [5, 5.41) is 5.31. The van der Waals surface area contributed by atoms with Crippen LogP contribution in [0, 0.1) is 6.57 Å². The van der Waals surface area contributed by atoms with Gasteiger partial charge in [0.25, 0.3) is 0 Å². The van der Waals surface area contributed by atoms with Gasteiger partial charge in [0.1, 0.15) is 9.96 Å². The molecule has 0 saturated heterocycles. The van der Waals surface area contributed by atoms with Gasteiger partial charge in [0, 0.05) is 63.2 Å². The van der Waals surface area contributed by atoms with Crippen LogP contribution in [0.2, 0.25) is 5.02 Å². The van der Waals surface area contributed by atoms with Crippen molar-refractivity contribution in [1.29, 1.82) is 0 Å². The summed E-state index contributed by atoms with van der Waals surface area (Å²) in [6.07, 6.45) is 5.46. The molecule has 2 aliphatic rings. The van der Waals surface area contributed by atoms with Crippen LogP contribution in [0.25, 0.3) is 27.9 Å². The standard InChI is InChI=1S/C28H22ClNO3.C15H11NO2.C7H6O3S2.C7H6OS2/c1-33-28(32)25-8-3-2-6-20(25)12-16-27(31)22-7-4-5-19(17-22)9-14-24-15-11-21-10-13-23(29)18-26(21)30-24;1-16-13-7-3-11(4-8-13)15(17)12-5-9-14(18-2)10-6-12;8-6-2-4-12(9,10)7-5(6)1-3-11-7;8-6-2-4-10-7-5(6)1-3-9-7/h2-11,13-15,17-18H,12,16H2,1H3;3-10H,2H3;1,3H,2,4H2;1,3H,2,4H2/b14-9+;;;. The van der Waals surface area contributed by atoms with Crippen molar-refractivity contribution in [3.05, 3.63) is 217 Å². The van der Waals surface area contributed by atoms with Crippen molar-refractivity contribution >= 4 is 114 Å². The number of ketones is 4. The highest BCUT2D eigenvalue weighted by Gasteiger charge is 2.30. The number of pyridine rings is 1. The van der Waals surface area contributed by atoms with Crippen LogP contribution in [0.4, 0.5) is 5.69 Å². The zero-order chi connectivity index (χ0) is 51.9. The molecule has 0 amide bonds. The lowest BCUT2D eigenvalue weighted by Gasteiger charge is -2.09. The molecule has 10 rings (SSSR count). The van der Waals surface area contributed by atoms with Crippen molar-refractivity contribution in [2.24, 2.45) is 0 Å². The van der Waals surface area contributed by atoms with Crippen molar-refractivity contribution in [3.63, 3.8) is 0 Å². The Balaban J connectivity index is 0.000000161. The molecule has 0 spiro atoms. The molecule has 11 nitrogen and oxygen atoms in total. The zero-order valence-electron chi connectivity index (χ0n) is 39.4. The molecule has 16 heteroatoms. The predicted molar refractivity (Wildman–Crippen MR) is 291 cm³/mol. The fourth-order valence-corrected chi connectivity index (χ4v) is 12.5. The molecular formula is C57H45ClN2O9S4. The molecule has 0 atom stereocenters. The van der Waals surface area contributed by atoms with Gasteiger partial charge in [-0.2, -0.15) is 0 Å². The molecule has 5 heterocycles. The summed E-state index contributed by atoms with van der Waals surface area (Å²) >= 11 is 10.7. The van der Waals surface area contributed by atoms with Crippen LogP contribution in [0.5, 0.6) is 5.75 Å². The Morgan fingerprint density at radius 1 is 0.753 bits per heavy atom. The lowest BCUT2D eigenvalue weighted by atomic mass is 9.98. The molecule has 0 radical (unpaired) electrons. The molecule has 0 aliphatic carbocycles. The molecule has 3 aromatic heterocycles. The topological polar surface area (TPSA) is 155 Å². The molecule has 8 aromatic rings. The highest BCUT2D eigenvalue weighted by Crippen LogP contribution is 2.34. The summed E-state index contributed by atoms with van der Waals surface area (Å²) in [6, 6.07) is 41.3. The number of fused-ring (bicyclic) bond motifs is 3. The number of halogens is 1. The summed E-state index contributed by atoms with van der Waals surface area (Å²) in [6.45, 7) is 6.86. The van der Waals surface area contributed by atoms with Gasteiger partial charge >= 0.3 is 5.97 Å². The number of carbonyl (C=O) groups is 5. The number of esters is 1. The minimum absolute atomic E-state index is 0.0170. The first kappa shape index (κ1) is 53.5. The highest BCUT2D eigenvalue weighted by molar-refractivity contribution is 8.01. The fraction of sp³-hybridized carbons (Fsp3) is 0.140. The number of hydrogen-bond acceptors (Lipinski definition) is 13. The van der Waals surface area contributed by atoms with E-state index in [2.05, 4.69) is 9.83 Å². The number of aromatic nitrogens is 1. The maximum atomic E-state index is 12.8. The van der Waals surface area contributed by atoms with E-state index in [0.29, 0.717) is 63.6 Å². The first-order chi connectivity index (χ1) is 35.3. The smallest absolute Gasteiger partial charge is 0.338 e. The highest BCUT2D eigenvalue weighted by atomic mass is 35.5. The first-order valence-corrected chi connectivity index (χ1v) is 27.3. The quantitative estimate of drug-likeness (QED) is 0.0730. The monoisotopic (exact) mass is 1060 g/mol. The van der Waals surface area contributed by atoms with Crippen LogP contribution in [0.3, 0.4) is 0 Å². The van der Waals surface area contributed by atoms with Crippen LogP contribution >= 0.6 is 46.0 Å². The van der Waals surface area contributed by atoms with E-state index < -0.39 is 15.8 Å². The van der Waals surface area contributed by atoms with Crippen molar-refractivity contribution in [2.75, 3.05) is 25.7 Å². The number of nitrogens with zero attached hydrogens (tertiary/aromatic N) is 2. The number of ether oxygens (including phenoxy) is 2. The van der Waals surface area contributed by atoms with Crippen LogP contribution in [-0.2, 0) is 21.0 Å². The van der Waals surface area contributed by atoms with E-state index in [1.54, 1.807) is 102 Å². The third-order valence-electron chi connectivity index (χ3n) is 11.3. The zero-order valence-corrected chi connectivity index (χ0v) is 43.4. The molecule has 5 aromatic carbocycles. The Morgan fingerprint density at radius 3 is 2.16 bits per heavy atom. The molecule has 0 N–H and O–H groups in total. The van der Waals surface area contributed by atoms with E-state index in [-0.39, 0.29) is 33.7 Å². The van der Waals surface area contributed by atoms with Gasteiger partial charge in [-0.05, 0) is 101 Å². The Bertz CT molecular complexity index is 3500. The van der Waals surface area contributed by atoms with E-state index in [9.17, 15) is 32.4 Å². The number of thioether (sulfide) groups is 1. The van der Waals surface area contributed by atoms with Gasteiger partial charge in [0.05, 0.1) is 47.5 Å².